The SMILES string of the molecule is CN(C)c1nc2ncnc(SCC(=O)Nc3ccccc3)c2s1. The highest BCUT2D eigenvalue weighted by Gasteiger charge is 2.13. The number of amides is 1. The molecule has 2 heterocycles. The molecule has 3 aromatic rings. The Balaban J connectivity index is 1.70. The van der Waals surface area contributed by atoms with Gasteiger partial charge in [-0.05, 0) is 12.1 Å². The smallest absolute Gasteiger partial charge is 0.234 e. The summed E-state index contributed by atoms with van der Waals surface area (Å²) in [7, 11) is 3.87. The van der Waals surface area contributed by atoms with Crippen LogP contribution in [0.15, 0.2) is 41.7 Å². The lowest BCUT2D eigenvalue weighted by Gasteiger charge is -2.05. The van der Waals surface area contributed by atoms with Gasteiger partial charge in [-0.3, -0.25) is 4.79 Å². The van der Waals surface area contributed by atoms with Crippen LogP contribution in [0.5, 0.6) is 0 Å². The lowest BCUT2D eigenvalue weighted by atomic mass is 10.3. The average molecular weight is 345 g/mol. The molecule has 118 valence electrons. The highest BCUT2D eigenvalue weighted by Crippen LogP contribution is 2.32. The van der Waals surface area contributed by atoms with E-state index < -0.39 is 0 Å². The average Bonchev–Trinajstić information content (AvgIpc) is 2.99. The van der Waals surface area contributed by atoms with E-state index in [0.717, 1.165) is 20.5 Å². The second kappa shape index (κ2) is 6.93. The van der Waals surface area contributed by atoms with Gasteiger partial charge < -0.3 is 10.2 Å². The Morgan fingerprint density at radius 3 is 2.78 bits per heavy atom. The molecule has 0 aliphatic heterocycles. The Bertz CT molecular complexity index is 819. The second-order valence-corrected chi connectivity index (χ2v) is 6.87. The van der Waals surface area contributed by atoms with Crippen molar-refractivity contribution < 1.29 is 4.79 Å². The largest absolute Gasteiger partial charge is 0.354 e. The highest BCUT2D eigenvalue weighted by molar-refractivity contribution is 8.00. The number of aromatic nitrogens is 3. The van der Waals surface area contributed by atoms with Gasteiger partial charge in [0.1, 0.15) is 16.1 Å². The summed E-state index contributed by atoms with van der Waals surface area (Å²) in [6, 6.07) is 9.40. The van der Waals surface area contributed by atoms with Crippen molar-refractivity contribution in [1.29, 1.82) is 0 Å². The molecular formula is C15H15N5OS2. The molecule has 0 aliphatic rings. The first-order valence-electron chi connectivity index (χ1n) is 6.90. The molecule has 0 saturated carbocycles. The summed E-state index contributed by atoms with van der Waals surface area (Å²) in [5, 5.41) is 4.51. The molecule has 0 fully saturated rings. The van der Waals surface area contributed by atoms with Crippen molar-refractivity contribution in [1.82, 2.24) is 15.0 Å². The first-order valence-corrected chi connectivity index (χ1v) is 8.70. The van der Waals surface area contributed by atoms with Crippen molar-refractivity contribution in [2.24, 2.45) is 0 Å². The molecule has 1 amide bonds. The summed E-state index contributed by atoms with van der Waals surface area (Å²) >= 11 is 2.92. The Kier molecular flexibility index (Phi) is 4.73. The Morgan fingerprint density at radius 1 is 1.26 bits per heavy atom. The minimum absolute atomic E-state index is 0.0645. The first-order chi connectivity index (χ1) is 11.1. The maximum atomic E-state index is 12.0. The lowest BCUT2D eigenvalue weighted by molar-refractivity contribution is -0.113. The van der Waals surface area contributed by atoms with Gasteiger partial charge in [-0.25, -0.2) is 9.97 Å². The molecule has 1 aromatic carbocycles. The van der Waals surface area contributed by atoms with Crippen molar-refractivity contribution in [2.45, 2.75) is 5.03 Å². The number of hydrogen-bond acceptors (Lipinski definition) is 7. The van der Waals surface area contributed by atoms with E-state index in [1.807, 2.05) is 49.3 Å². The van der Waals surface area contributed by atoms with Gasteiger partial charge in [-0.15, -0.1) is 0 Å². The zero-order valence-corrected chi connectivity index (χ0v) is 14.3. The van der Waals surface area contributed by atoms with Crippen LogP contribution in [0.3, 0.4) is 0 Å². The molecule has 3 rings (SSSR count). The van der Waals surface area contributed by atoms with Crippen molar-refractivity contribution in [2.75, 3.05) is 30.1 Å². The fourth-order valence-electron chi connectivity index (χ4n) is 1.87. The number of anilines is 2. The lowest BCUT2D eigenvalue weighted by Crippen LogP contribution is -2.13. The number of carbonyl (C=O) groups excluding carboxylic acids is 1. The second-order valence-electron chi connectivity index (χ2n) is 4.93. The molecule has 6 nitrogen and oxygen atoms in total. The summed E-state index contributed by atoms with van der Waals surface area (Å²) in [5.41, 5.74) is 1.46. The molecule has 0 spiro atoms. The van der Waals surface area contributed by atoms with E-state index in [1.165, 1.54) is 29.4 Å². The van der Waals surface area contributed by atoms with Crippen LogP contribution in [0, 0.1) is 0 Å². The summed E-state index contributed by atoms with van der Waals surface area (Å²) in [6.45, 7) is 0. The van der Waals surface area contributed by atoms with E-state index in [4.69, 9.17) is 0 Å². The molecule has 0 saturated heterocycles. The molecule has 8 heteroatoms. The number of rotatable bonds is 5. The number of thioether (sulfide) groups is 1. The predicted octanol–water partition coefficient (Wildman–Crippen LogP) is 2.88. The van der Waals surface area contributed by atoms with Crippen LogP contribution in [0.2, 0.25) is 0 Å². The zero-order valence-electron chi connectivity index (χ0n) is 12.7. The Labute approximate surface area is 142 Å². The van der Waals surface area contributed by atoms with Crippen LogP contribution in [0.1, 0.15) is 0 Å². The number of fused-ring (bicyclic) bond motifs is 1. The van der Waals surface area contributed by atoms with E-state index in [1.54, 1.807) is 0 Å². The topological polar surface area (TPSA) is 71.0 Å². The van der Waals surface area contributed by atoms with Crippen LogP contribution < -0.4 is 10.2 Å². The summed E-state index contributed by atoms with van der Waals surface area (Å²) < 4.78 is 0.911. The molecule has 2 aromatic heterocycles. The fraction of sp³-hybridized carbons (Fsp3) is 0.200. The highest BCUT2D eigenvalue weighted by atomic mass is 32.2. The van der Waals surface area contributed by atoms with Crippen molar-refractivity contribution in [3.8, 4) is 0 Å². The van der Waals surface area contributed by atoms with Gasteiger partial charge in [-0.1, -0.05) is 41.3 Å². The van der Waals surface area contributed by atoms with Gasteiger partial charge in [0.25, 0.3) is 0 Å². The van der Waals surface area contributed by atoms with Gasteiger partial charge >= 0.3 is 0 Å². The summed E-state index contributed by atoms with van der Waals surface area (Å²) in [6.07, 6.45) is 1.49. The van der Waals surface area contributed by atoms with Crippen LogP contribution in [0.4, 0.5) is 10.8 Å². The molecule has 0 aliphatic carbocycles. The third-order valence-corrected chi connectivity index (χ3v) is 5.27. The number of thiazole rings is 1. The van der Waals surface area contributed by atoms with E-state index in [-0.39, 0.29) is 11.7 Å². The van der Waals surface area contributed by atoms with Crippen molar-refractivity contribution in [3.63, 3.8) is 0 Å². The Morgan fingerprint density at radius 2 is 2.04 bits per heavy atom. The monoisotopic (exact) mass is 345 g/mol. The minimum atomic E-state index is -0.0645. The van der Waals surface area contributed by atoms with Crippen LogP contribution in [-0.4, -0.2) is 40.7 Å². The van der Waals surface area contributed by atoms with Gasteiger partial charge in [0.05, 0.1) is 5.75 Å². The van der Waals surface area contributed by atoms with Crippen LogP contribution in [-0.2, 0) is 4.79 Å². The third-order valence-electron chi connectivity index (χ3n) is 2.93. The fourth-order valence-corrected chi connectivity index (χ4v) is 3.68. The van der Waals surface area contributed by atoms with Crippen LogP contribution >= 0.6 is 23.1 Å². The predicted molar refractivity (Wildman–Crippen MR) is 95.3 cm³/mol. The number of nitrogens with zero attached hydrogens (tertiary/aromatic N) is 4. The normalized spacial score (nSPS) is 10.7. The molecule has 0 unspecified atom stereocenters. The van der Waals surface area contributed by atoms with Gasteiger partial charge in [0.2, 0.25) is 5.91 Å². The van der Waals surface area contributed by atoms with E-state index in [0.29, 0.717) is 5.65 Å². The van der Waals surface area contributed by atoms with E-state index in [2.05, 4.69) is 20.3 Å². The summed E-state index contributed by atoms with van der Waals surface area (Å²) in [5.74, 6) is 0.223. The molecule has 1 N–H and O–H groups in total. The number of hydrogen-bond donors (Lipinski definition) is 1. The number of benzene rings is 1. The molecule has 0 atom stereocenters. The summed E-state index contributed by atoms with van der Waals surface area (Å²) in [4.78, 5) is 26.9. The van der Waals surface area contributed by atoms with Crippen molar-refractivity contribution >= 4 is 50.2 Å². The maximum absolute atomic E-state index is 12.0. The third kappa shape index (κ3) is 3.77. The molecular weight excluding hydrogens is 330 g/mol. The number of carbonyl (C=O) groups is 1. The standard InChI is InChI=1S/C15H15N5OS2/c1-20(2)15-19-13-12(23-15)14(17-9-16-13)22-8-11(21)18-10-6-4-3-5-7-10/h3-7,9H,8H2,1-2H3,(H,18,21). The number of nitrogens with one attached hydrogen (secondary N) is 1. The minimum Gasteiger partial charge on any atom is -0.354 e. The van der Waals surface area contributed by atoms with Gasteiger partial charge in [0, 0.05) is 19.8 Å². The molecule has 0 bridgehead atoms. The number of para-hydroxylation sites is 1. The van der Waals surface area contributed by atoms with Crippen molar-refractivity contribution in [3.05, 3.63) is 36.7 Å². The first kappa shape index (κ1) is 15.7. The molecule has 0 radical (unpaired) electrons. The van der Waals surface area contributed by atoms with E-state index >= 15 is 0 Å². The molecule has 23 heavy (non-hydrogen) atoms. The maximum Gasteiger partial charge on any atom is 0.234 e. The van der Waals surface area contributed by atoms with Gasteiger partial charge in [-0.2, -0.15) is 4.98 Å². The van der Waals surface area contributed by atoms with E-state index in [9.17, 15) is 4.79 Å². The van der Waals surface area contributed by atoms with Gasteiger partial charge in [0.15, 0.2) is 10.8 Å². The zero-order chi connectivity index (χ0) is 16.2. The quantitative estimate of drug-likeness (QED) is 0.566. The van der Waals surface area contributed by atoms with Crippen LogP contribution in [0.25, 0.3) is 10.3 Å². The Hall–Kier alpha value is -2.19.